The average Bonchev–Trinajstić information content (AvgIpc) is 1.88. The Morgan fingerprint density at radius 3 is 2.45 bits per heavy atom. The van der Waals surface area contributed by atoms with Gasteiger partial charge < -0.3 is 5.73 Å². The van der Waals surface area contributed by atoms with Crippen molar-refractivity contribution in [3.63, 3.8) is 0 Å². The number of rotatable bonds is 1. The molecule has 3 heteroatoms. The summed E-state index contributed by atoms with van der Waals surface area (Å²) in [6, 6.07) is 5.92. The number of hydrogen-bond acceptors (Lipinski definition) is 2. The molecule has 0 radical (unpaired) electrons. The molecule has 0 spiro atoms. The van der Waals surface area contributed by atoms with Gasteiger partial charge in [0, 0.05) is 11.7 Å². The van der Waals surface area contributed by atoms with Crippen LogP contribution in [-0.2, 0) is 0 Å². The van der Waals surface area contributed by atoms with E-state index in [2.05, 4.69) is 4.98 Å². The summed E-state index contributed by atoms with van der Waals surface area (Å²) in [5.74, 6) is 0. The van der Waals surface area contributed by atoms with Gasteiger partial charge in [0.2, 0.25) is 0 Å². The van der Waals surface area contributed by atoms with Gasteiger partial charge in [0.25, 0.3) is 0 Å². The molecule has 11 heavy (non-hydrogen) atoms. The molecular formula is C8H13ClN2. The molecule has 0 bridgehead atoms. The van der Waals surface area contributed by atoms with Gasteiger partial charge in [-0.1, -0.05) is 6.07 Å². The van der Waals surface area contributed by atoms with E-state index in [4.69, 9.17) is 5.73 Å². The fourth-order valence-corrected chi connectivity index (χ4v) is 0.818. The summed E-state index contributed by atoms with van der Waals surface area (Å²) in [7, 11) is 0. The molecule has 1 aromatic rings. The minimum Gasteiger partial charge on any atom is -0.323 e. The molecule has 0 amide bonds. The Morgan fingerprint density at radius 2 is 2.09 bits per heavy atom. The number of halogens is 1. The van der Waals surface area contributed by atoms with Gasteiger partial charge in [0.15, 0.2) is 0 Å². The van der Waals surface area contributed by atoms with E-state index in [1.165, 1.54) is 0 Å². The summed E-state index contributed by atoms with van der Waals surface area (Å²) in [5.41, 5.74) is 7.60. The number of aryl methyl sites for hydroxylation is 1. The normalized spacial score (nSPS) is 11.9. The van der Waals surface area contributed by atoms with Gasteiger partial charge in [-0.2, -0.15) is 0 Å². The van der Waals surface area contributed by atoms with Crippen LogP contribution >= 0.6 is 12.4 Å². The topological polar surface area (TPSA) is 38.9 Å². The van der Waals surface area contributed by atoms with Gasteiger partial charge in [-0.05, 0) is 26.0 Å². The van der Waals surface area contributed by atoms with Gasteiger partial charge >= 0.3 is 0 Å². The Labute approximate surface area is 73.2 Å². The third-order valence-corrected chi connectivity index (χ3v) is 1.38. The molecule has 1 rings (SSSR count). The number of nitrogens with two attached hydrogens (primary N) is 1. The molecule has 0 unspecified atom stereocenters. The molecule has 2 nitrogen and oxygen atoms in total. The van der Waals surface area contributed by atoms with Crippen molar-refractivity contribution >= 4 is 12.4 Å². The largest absolute Gasteiger partial charge is 0.323 e. The molecule has 0 aliphatic carbocycles. The Morgan fingerprint density at radius 1 is 1.45 bits per heavy atom. The van der Waals surface area contributed by atoms with Crippen LogP contribution in [0.3, 0.4) is 0 Å². The van der Waals surface area contributed by atoms with Gasteiger partial charge in [-0.15, -0.1) is 12.4 Å². The van der Waals surface area contributed by atoms with Crippen LogP contribution in [0, 0.1) is 6.92 Å². The van der Waals surface area contributed by atoms with Crippen molar-refractivity contribution in [2.45, 2.75) is 19.9 Å². The van der Waals surface area contributed by atoms with E-state index in [0.29, 0.717) is 0 Å². The van der Waals surface area contributed by atoms with Crippen molar-refractivity contribution in [3.8, 4) is 0 Å². The minimum atomic E-state index is 0. The molecule has 0 saturated heterocycles. The van der Waals surface area contributed by atoms with E-state index in [9.17, 15) is 0 Å². The van der Waals surface area contributed by atoms with Crippen molar-refractivity contribution in [2.75, 3.05) is 0 Å². The van der Waals surface area contributed by atoms with E-state index in [1.54, 1.807) is 0 Å². The summed E-state index contributed by atoms with van der Waals surface area (Å²) in [6.07, 6.45) is 0. The van der Waals surface area contributed by atoms with E-state index < -0.39 is 0 Å². The third-order valence-electron chi connectivity index (χ3n) is 1.38. The Bertz CT molecular complexity index is 223. The van der Waals surface area contributed by atoms with Crippen LogP contribution < -0.4 is 5.73 Å². The predicted molar refractivity (Wildman–Crippen MR) is 48.8 cm³/mol. The lowest BCUT2D eigenvalue weighted by Crippen LogP contribution is -2.07. The second kappa shape index (κ2) is 4.31. The van der Waals surface area contributed by atoms with Crippen molar-refractivity contribution in [1.29, 1.82) is 0 Å². The Kier molecular flexibility index (Phi) is 4.08. The molecule has 0 aromatic carbocycles. The highest BCUT2D eigenvalue weighted by molar-refractivity contribution is 5.85. The maximum absolute atomic E-state index is 5.62. The van der Waals surface area contributed by atoms with Crippen molar-refractivity contribution in [2.24, 2.45) is 5.73 Å². The third kappa shape index (κ3) is 2.87. The smallest absolute Gasteiger partial charge is 0.0571 e. The number of nitrogens with zero attached hydrogens (tertiary/aromatic N) is 1. The maximum Gasteiger partial charge on any atom is 0.0571 e. The molecule has 62 valence electrons. The molecule has 0 fully saturated rings. The minimum absolute atomic E-state index is 0. The highest BCUT2D eigenvalue weighted by atomic mass is 35.5. The summed E-state index contributed by atoms with van der Waals surface area (Å²) in [5, 5.41) is 0. The fourth-order valence-electron chi connectivity index (χ4n) is 0.818. The zero-order chi connectivity index (χ0) is 7.56. The predicted octanol–water partition coefficient (Wildman–Crippen LogP) is 1.83. The first kappa shape index (κ1) is 10.4. The van der Waals surface area contributed by atoms with Crippen molar-refractivity contribution in [1.82, 2.24) is 4.98 Å². The summed E-state index contributed by atoms with van der Waals surface area (Å²) >= 11 is 0. The van der Waals surface area contributed by atoms with Crippen LogP contribution in [0.25, 0.3) is 0 Å². The lowest BCUT2D eigenvalue weighted by atomic mass is 10.2. The quantitative estimate of drug-likeness (QED) is 0.702. The Hall–Kier alpha value is -0.600. The monoisotopic (exact) mass is 172 g/mol. The van der Waals surface area contributed by atoms with Gasteiger partial charge in [-0.25, -0.2) is 0 Å². The lowest BCUT2D eigenvalue weighted by molar-refractivity contribution is 0.775. The zero-order valence-corrected chi connectivity index (χ0v) is 7.56. The SMILES string of the molecule is Cc1cccc([C@@H](C)N)n1.Cl. The highest BCUT2D eigenvalue weighted by Crippen LogP contribution is 2.05. The summed E-state index contributed by atoms with van der Waals surface area (Å²) < 4.78 is 0. The van der Waals surface area contributed by atoms with Crippen molar-refractivity contribution < 1.29 is 0 Å². The van der Waals surface area contributed by atoms with Crippen molar-refractivity contribution in [3.05, 3.63) is 29.6 Å². The molecule has 2 N–H and O–H groups in total. The lowest BCUT2D eigenvalue weighted by Gasteiger charge is -2.03. The summed E-state index contributed by atoms with van der Waals surface area (Å²) in [4.78, 5) is 4.25. The van der Waals surface area contributed by atoms with Crippen LogP contribution in [0.5, 0.6) is 0 Å². The van der Waals surface area contributed by atoms with Crippen LogP contribution in [0.2, 0.25) is 0 Å². The van der Waals surface area contributed by atoms with Crippen LogP contribution in [0.15, 0.2) is 18.2 Å². The molecule has 1 aromatic heterocycles. The molecular weight excluding hydrogens is 160 g/mol. The van der Waals surface area contributed by atoms with Crippen LogP contribution in [0.1, 0.15) is 24.4 Å². The Balaban J connectivity index is 0.000001000. The van der Waals surface area contributed by atoms with Crippen LogP contribution in [-0.4, -0.2) is 4.98 Å². The number of aromatic nitrogens is 1. The van der Waals surface area contributed by atoms with E-state index in [-0.39, 0.29) is 18.4 Å². The summed E-state index contributed by atoms with van der Waals surface area (Å²) in [6.45, 7) is 3.90. The van der Waals surface area contributed by atoms with E-state index in [0.717, 1.165) is 11.4 Å². The zero-order valence-electron chi connectivity index (χ0n) is 6.74. The number of pyridine rings is 1. The molecule has 0 saturated carbocycles. The average molecular weight is 173 g/mol. The molecule has 1 heterocycles. The first-order valence-electron chi connectivity index (χ1n) is 3.39. The second-order valence-corrected chi connectivity index (χ2v) is 2.49. The van der Waals surface area contributed by atoms with Gasteiger partial charge in [0.1, 0.15) is 0 Å². The molecule has 0 aliphatic rings. The molecule has 1 atom stereocenters. The molecule has 0 aliphatic heterocycles. The maximum atomic E-state index is 5.62. The highest BCUT2D eigenvalue weighted by Gasteiger charge is 1.98. The van der Waals surface area contributed by atoms with Crippen LogP contribution in [0.4, 0.5) is 0 Å². The fraction of sp³-hybridized carbons (Fsp3) is 0.375. The van der Waals surface area contributed by atoms with Gasteiger partial charge in [0.05, 0.1) is 5.69 Å². The first-order chi connectivity index (χ1) is 4.70. The van der Waals surface area contributed by atoms with E-state index >= 15 is 0 Å². The van der Waals surface area contributed by atoms with E-state index in [1.807, 2.05) is 32.0 Å². The standard InChI is InChI=1S/C8H12N2.ClH/c1-6-4-3-5-8(10-6)7(2)9;/h3-5,7H,9H2,1-2H3;1H/t7-;/m1./s1. The second-order valence-electron chi connectivity index (χ2n) is 2.49. The van der Waals surface area contributed by atoms with Gasteiger partial charge in [-0.3, -0.25) is 4.98 Å². The first-order valence-corrected chi connectivity index (χ1v) is 3.39. The number of hydrogen-bond donors (Lipinski definition) is 1.